The third-order valence-electron chi connectivity index (χ3n) is 2.34. The van der Waals surface area contributed by atoms with Crippen LogP contribution in [0.3, 0.4) is 0 Å². The molecule has 0 aliphatic carbocycles. The molecule has 0 saturated carbocycles. The van der Waals surface area contributed by atoms with Crippen molar-refractivity contribution in [1.82, 2.24) is 5.06 Å². The van der Waals surface area contributed by atoms with Crippen molar-refractivity contribution >= 4 is 17.7 Å². The van der Waals surface area contributed by atoms with Crippen molar-refractivity contribution < 1.29 is 19.2 Å². The fourth-order valence-corrected chi connectivity index (χ4v) is 1.38. The standard InChI is InChI=1S/C14H20N2O4/c1-14(2,3)20-13(18)15-11-8-6-10(7-9-11)12(17)16(4)19-5/h6-9H,1-5H3,(H,15,18). The quantitative estimate of drug-likeness (QED) is 0.864. The van der Waals surface area contributed by atoms with Crippen LogP contribution < -0.4 is 5.32 Å². The number of hydrogen-bond donors (Lipinski definition) is 1. The minimum Gasteiger partial charge on any atom is -0.444 e. The van der Waals surface area contributed by atoms with Gasteiger partial charge in [-0.1, -0.05) is 0 Å². The molecular weight excluding hydrogens is 260 g/mol. The Balaban J connectivity index is 2.68. The first-order chi connectivity index (χ1) is 9.23. The normalized spacial score (nSPS) is 10.8. The lowest BCUT2D eigenvalue weighted by molar-refractivity contribution is -0.0756. The van der Waals surface area contributed by atoms with Gasteiger partial charge in [0.15, 0.2) is 0 Å². The summed E-state index contributed by atoms with van der Waals surface area (Å²) in [6.07, 6.45) is -0.536. The molecule has 20 heavy (non-hydrogen) atoms. The molecule has 1 aromatic carbocycles. The lowest BCUT2D eigenvalue weighted by Crippen LogP contribution is -2.27. The number of carbonyl (C=O) groups excluding carboxylic acids is 2. The number of amides is 2. The van der Waals surface area contributed by atoms with Gasteiger partial charge in [-0.05, 0) is 45.0 Å². The molecule has 0 radical (unpaired) electrons. The van der Waals surface area contributed by atoms with E-state index in [4.69, 9.17) is 9.57 Å². The zero-order valence-electron chi connectivity index (χ0n) is 12.4. The Labute approximate surface area is 118 Å². The van der Waals surface area contributed by atoms with Crippen molar-refractivity contribution in [3.63, 3.8) is 0 Å². The highest BCUT2D eigenvalue weighted by molar-refractivity contribution is 5.94. The number of benzene rings is 1. The van der Waals surface area contributed by atoms with Gasteiger partial charge >= 0.3 is 6.09 Å². The number of anilines is 1. The molecule has 6 heteroatoms. The summed E-state index contributed by atoms with van der Waals surface area (Å²) in [4.78, 5) is 28.2. The predicted molar refractivity (Wildman–Crippen MR) is 75.4 cm³/mol. The average Bonchev–Trinajstić information content (AvgIpc) is 2.35. The van der Waals surface area contributed by atoms with Crippen molar-refractivity contribution in [3.05, 3.63) is 29.8 Å². The highest BCUT2D eigenvalue weighted by Gasteiger charge is 2.16. The van der Waals surface area contributed by atoms with E-state index in [-0.39, 0.29) is 5.91 Å². The summed E-state index contributed by atoms with van der Waals surface area (Å²) in [5.74, 6) is -0.267. The zero-order chi connectivity index (χ0) is 15.3. The lowest BCUT2D eigenvalue weighted by Gasteiger charge is -2.19. The fourth-order valence-electron chi connectivity index (χ4n) is 1.38. The molecule has 0 aliphatic heterocycles. The number of ether oxygens (including phenoxy) is 1. The third-order valence-corrected chi connectivity index (χ3v) is 2.34. The van der Waals surface area contributed by atoms with Gasteiger partial charge in [0.1, 0.15) is 5.60 Å². The van der Waals surface area contributed by atoms with Crippen LogP contribution in [0.4, 0.5) is 10.5 Å². The molecule has 0 spiro atoms. The van der Waals surface area contributed by atoms with Crippen LogP contribution in [0.1, 0.15) is 31.1 Å². The van der Waals surface area contributed by atoms with Crippen molar-refractivity contribution in [3.8, 4) is 0 Å². The van der Waals surface area contributed by atoms with Gasteiger partial charge in [0, 0.05) is 18.3 Å². The van der Waals surface area contributed by atoms with E-state index in [1.807, 2.05) is 0 Å². The Hall–Kier alpha value is -2.08. The topological polar surface area (TPSA) is 67.9 Å². The Kier molecular flexibility index (Phi) is 5.10. The molecule has 1 N–H and O–H groups in total. The number of nitrogens with one attached hydrogen (secondary N) is 1. The van der Waals surface area contributed by atoms with Crippen LogP contribution in [-0.2, 0) is 9.57 Å². The van der Waals surface area contributed by atoms with Gasteiger partial charge in [-0.25, -0.2) is 9.86 Å². The second-order valence-electron chi connectivity index (χ2n) is 5.19. The summed E-state index contributed by atoms with van der Waals surface area (Å²) in [6, 6.07) is 6.45. The van der Waals surface area contributed by atoms with Crippen molar-refractivity contribution in [1.29, 1.82) is 0 Å². The van der Waals surface area contributed by atoms with Crippen LogP contribution in [0, 0.1) is 0 Å². The van der Waals surface area contributed by atoms with Crippen LogP contribution in [0.25, 0.3) is 0 Å². The molecule has 0 aliphatic rings. The first-order valence-electron chi connectivity index (χ1n) is 6.15. The summed E-state index contributed by atoms with van der Waals surface area (Å²) >= 11 is 0. The van der Waals surface area contributed by atoms with E-state index < -0.39 is 11.7 Å². The molecular formula is C14H20N2O4. The fraction of sp³-hybridized carbons (Fsp3) is 0.429. The number of nitrogens with zero attached hydrogens (tertiary/aromatic N) is 1. The molecule has 6 nitrogen and oxygen atoms in total. The Morgan fingerprint density at radius 3 is 2.15 bits per heavy atom. The van der Waals surface area contributed by atoms with Crippen LogP contribution in [0.5, 0.6) is 0 Å². The smallest absolute Gasteiger partial charge is 0.412 e. The van der Waals surface area contributed by atoms with Crippen molar-refractivity contribution in [2.24, 2.45) is 0 Å². The molecule has 0 saturated heterocycles. The summed E-state index contributed by atoms with van der Waals surface area (Å²) in [5, 5.41) is 3.71. The van der Waals surface area contributed by atoms with Gasteiger partial charge in [-0.3, -0.25) is 14.9 Å². The van der Waals surface area contributed by atoms with E-state index in [1.54, 1.807) is 45.0 Å². The SMILES string of the molecule is CON(C)C(=O)c1ccc(NC(=O)OC(C)(C)C)cc1. The second-order valence-corrected chi connectivity index (χ2v) is 5.19. The third kappa shape index (κ3) is 4.89. The average molecular weight is 280 g/mol. The van der Waals surface area contributed by atoms with Gasteiger partial charge in [-0.2, -0.15) is 0 Å². The molecule has 2 amide bonds. The number of hydrogen-bond acceptors (Lipinski definition) is 4. The van der Waals surface area contributed by atoms with E-state index in [0.717, 1.165) is 5.06 Å². The summed E-state index contributed by atoms with van der Waals surface area (Å²) < 4.78 is 5.13. The number of rotatable bonds is 3. The maximum atomic E-state index is 11.8. The molecule has 0 fully saturated rings. The molecule has 0 aromatic heterocycles. The highest BCUT2D eigenvalue weighted by Crippen LogP contribution is 2.13. The maximum absolute atomic E-state index is 11.8. The lowest BCUT2D eigenvalue weighted by atomic mass is 10.2. The summed E-state index contributed by atoms with van der Waals surface area (Å²) in [5.41, 5.74) is 0.459. The van der Waals surface area contributed by atoms with Crippen molar-refractivity contribution in [2.45, 2.75) is 26.4 Å². The Morgan fingerprint density at radius 1 is 1.15 bits per heavy atom. The molecule has 1 aromatic rings. The highest BCUT2D eigenvalue weighted by atomic mass is 16.7. The Morgan fingerprint density at radius 2 is 1.70 bits per heavy atom. The minimum absolute atomic E-state index is 0.267. The molecule has 0 heterocycles. The maximum Gasteiger partial charge on any atom is 0.412 e. The van der Waals surface area contributed by atoms with Gasteiger partial charge in [-0.15, -0.1) is 0 Å². The van der Waals surface area contributed by atoms with E-state index in [2.05, 4.69) is 5.32 Å². The second kappa shape index (κ2) is 6.38. The van der Waals surface area contributed by atoms with E-state index in [1.165, 1.54) is 14.2 Å². The molecule has 0 bridgehead atoms. The first-order valence-corrected chi connectivity index (χ1v) is 6.15. The van der Waals surface area contributed by atoms with Gasteiger partial charge in [0.05, 0.1) is 7.11 Å². The predicted octanol–water partition coefficient (Wildman–Crippen LogP) is 2.67. The minimum atomic E-state index is -0.554. The zero-order valence-corrected chi connectivity index (χ0v) is 12.4. The van der Waals surface area contributed by atoms with Gasteiger partial charge < -0.3 is 4.74 Å². The van der Waals surface area contributed by atoms with Gasteiger partial charge in [0.2, 0.25) is 0 Å². The molecule has 0 unspecified atom stereocenters. The van der Waals surface area contributed by atoms with Crippen molar-refractivity contribution in [2.75, 3.05) is 19.5 Å². The van der Waals surface area contributed by atoms with Crippen LogP contribution in [0.2, 0.25) is 0 Å². The number of carbonyl (C=O) groups is 2. The van der Waals surface area contributed by atoms with Crippen LogP contribution in [0.15, 0.2) is 24.3 Å². The van der Waals surface area contributed by atoms with Crippen LogP contribution >= 0.6 is 0 Å². The van der Waals surface area contributed by atoms with Crippen LogP contribution in [-0.4, -0.2) is 36.8 Å². The largest absolute Gasteiger partial charge is 0.444 e. The summed E-state index contributed by atoms with van der Waals surface area (Å²) in [7, 11) is 2.94. The van der Waals surface area contributed by atoms with E-state index >= 15 is 0 Å². The molecule has 1 rings (SSSR count). The molecule has 0 atom stereocenters. The first kappa shape index (κ1) is 16.0. The monoisotopic (exact) mass is 280 g/mol. The number of hydroxylamine groups is 2. The van der Waals surface area contributed by atoms with E-state index in [0.29, 0.717) is 11.3 Å². The molecule has 110 valence electrons. The van der Waals surface area contributed by atoms with Gasteiger partial charge in [0.25, 0.3) is 5.91 Å². The Bertz CT molecular complexity index is 477. The van der Waals surface area contributed by atoms with E-state index in [9.17, 15) is 9.59 Å². The summed E-state index contributed by atoms with van der Waals surface area (Å²) in [6.45, 7) is 5.36.